The largest absolute Gasteiger partial charge is 0.274 e. The fourth-order valence-electron chi connectivity index (χ4n) is 3.09. The van der Waals surface area contributed by atoms with Gasteiger partial charge in [0.1, 0.15) is 5.82 Å². The van der Waals surface area contributed by atoms with Crippen molar-refractivity contribution in [2.75, 3.05) is 25.6 Å². The van der Waals surface area contributed by atoms with Gasteiger partial charge in [0.05, 0.1) is 5.69 Å². The first-order valence-corrected chi connectivity index (χ1v) is 8.93. The van der Waals surface area contributed by atoms with Gasteiger partial charge in [-0.2, -0.15) is 0 Å². The molecule has 4 nitrogen and oxygen atoms in total. The summed E-state index contributed by atoms with van der Waals surface area (Å²) in [5, 5.41) is 5.46. The first-order chi connectivity index (χ1) is 12.4. The minimum Gasteiger partial charge on any atom is -0.274 e. The van der Waals surface area contributed by atoms with E-state index in [0.29, 0.717) is 11.3 Å². The zero-order valence-corrected chi connectivity index (χ0v) is 16.0. The van der Waals surface area contributed by atoms with Crippen LogP contribution in [0.2, 0.25) is 0 Å². The zero-order chi connectivity index (χ0) is 18.8. The number of hydrazine groups is 1. The molecule has 0 N–H and O–H groups in total. The van der Waals surface area contributed by atoms with E-state index in [1.807, 2.05) is 48.4 Å². The minimum absolute atomic E-state index is 0.216. The van der Waals surface area contributed by atoms with Gasteiger partial charge in [-0.3, -0.25) is 5.01 Å². The van der Waals surface area contributed by atoms with Crippen LogP contribution in [0.5, 0.6) is 0 Å². The van der Waals surface area contributed by atoms with Crippen molar-refractivity contribution in [3.05, 3.63) is 54.0 Å². The van der Waals surface area contributed by atoms with Gasteiger partial charge in [0.2, 0.25) is 5.95 Å². The summed E-state index contributed by atoms with van der Waals surface area (Å²) >= 11 is 0. The number of hydrogen-bond donors (Lipinski definition) is 0. The van der Waals surface area contributed by atoms with E-state index in [0.717, 1.165) is 28.9 Å². The number of nitrogens with zero attached hydrogens (tertiary/aromatic N) is 4. The van der Waals surface area contributed by atoms with Crippen LogP contribution in [0.25, 0.3) is 22.0 Å². The minimum atomic E-state index is -0.216. The molecule has 0 atom stereocenters. The lowest BCUT2D eigenvalue weighted by Gasteiger charge is -2.28. The molecule has 0 amide bonds. The van der Waals surface area contributed by atoms with Crippen molar-refractivity contribution in [1.82, 2.24) is 15.0 Å². The molecule has 0 aliphatic heterocycles. The van der Waals surface area contributed by atoms with Crippen LogP contribution in [0.1, 0.15) is 32.4 Å². The van der Waals surface area contributed by atoms with Gasteiger partial charge in [-0.1, -0.05) is 38.1 Å². The molecule has 0 bridgehead atoms. The standard InChI is InChI=1S/C21H25FN4/c1-6-26(25(4)5)21-23-19(14(2)3)13-20(24-21)17-11-12-18(22)16-10-8-7-9-15(16)17/h7-14H,6H2,1-5H3. The first-order valence-electron chi connectivity index (χ1n) is 8.93. The van der Waals surface area contributed by atoms with E-state index in [1.165, 1.54) is 6.07 Å². The molecular formula is C21H25FN4. The number of anilines is 1. The number of fused-ring (bicyclic) bond motifs is 1. The van der Waals surface area contributed by atoms with Gasteiger partial charge >= 0.3 is 0 Å². The van der Waals surface area contributed by atoms with E-state index in [1.54, 1.807) is 12.1 Å². The molecule has 0 radical (unpaired) electrons. The van der Waals surface area contributed by atoms with E-state index < -0.39 is 0 Å². The molecule has 0 saturated carbocycles. The van der Waals surface area contributed by atoms with E-state index >= 15 is 0 Å². The van der Waals surface area contributed by atoms with Crippen molar-refractivity contribution in [1.29, 1.82) is 0 Å². The highest BCUT2D eigenvalue weighted by atomic mass is 19.1. The van der Waals surface area contributed by atoms with Crippen molar-refractivity contribution in [2.45, 2.75) is 26.7 Å². The summed E-state index contributed by atoms with van der Waals surface area (Å²) in [5.74, 6) is 0.710. The highest BCUT2D eigenvalue weighted by Gasteiger charge is 2.17. The lowest BCUT2D eigenvalue weighted by molar-refractivity contribution is 0.368. The molecule has 3 aromatic rings. The third kappa shape index (κ3) is 3.40. The Morgan fingerprint density at radius 3 is 2.31 bits per heavy atom. The second kappa shape index (κ2) is 7.38. The van der Waals surface area contributed by atoms with Crippen LogP contribution in [0, 0.1) is 5.82 Å². The first kappa shape index (κ1) is 18.3. The average molecular weight is 352 g/mol. The van der Waals surface area contributed by atoms with Crippen molar-refractivity contribution < 1.29 is 4.39 Å². The molecule has 5 heteroatoms. The Morgan fingerprint density at radius 2 is 1.69 bits per heavy atom. The predicted molar refractivity (Wildman–Crippen MR) is 106 cm³/mol. The summed E-state index contributed by atoms with van der Waals surface area (Å²) in [6.45, 7) is 7.06. The molecule has 0 aliphatic rings. The Morgan fingerprint density at radius 1 is 1.00 bits per heavy atom. The molecule has 2 aromatic carbocycles. The van der Waals surface area contributed by atoms with E-state index in [4.69, 9.17) is 9.97 Å². The SMILES string of the molecule is CCN(c1nc(-c2ccc(F)c3ccccc23)cc(C(C)C)n1)N(C)C. The molecule has 1 heterocycles. The van der Waals surface area contributed by atoms with Gasteiger partial charge < -0.3 is 0 Å². The molecular weight excluding hydrogens is 327 g/mol. The van der Waals surface area contributed by atoms with Crippen LogP contribution in [0.3, 0.4) is 0 Å². The van der Waals surface area contributed by atoms with Gasteiger partial charge in [0, 0.05) is 37.3 Å². The molecule has 26 heavy (non-hydrogen) atoms. The monoisotopic (exact) mass is 352 g/mol. The fraction of sp³-hybridized carbons (Fsp3) is 0.333. The maximum Gasteiger partial charge on any atom is 0.240 e. The second-order valence-electron chi connectivity index (χ2n) is 6.84. The third-order valence-electron chi connectivity index (χ3n) is 4.49. The van der Waals surface area contributed by atoms with Crippen molar-refractivity contribution in [3.63, 3.8) is 0 Å². The van der Waals surface area contributed by atoms with Crippen LogP contribution in [0.15, 0.2) is 42.5 Å². The van der Waals surface area contributed by atoms with Crippen LogP contribution in [-0.2, 0) is 0 Å². The number of benzene rings is 2. The average Bonchev–Trinajstić information content (AvgIpc) is 2.62. The summed E-state index contributed by atoms with van der Waals surface area (Å²) in [5.41, 5.74) is 2.70. The van der Waals surface area contributed by atoms with Gasteiger partial charge in [0.15, 0.2) is 0 Å². The quantitative estimate of drug-likeness (QED) is 0.614. The Kier molecular flexibility index (Phi) is 5.18. The van der Waals surface area contributed by atoms with Crippen LogP contribution in [0.4, 0.5) is 10.3 Å². The van der Waals surface area contributed by atoms with Gasteiger partial charge in [-0.15, -0.1) is 0 Å². The second-order valence-corrected chi connectivity index (χ2v) is 6.84. The molecule has 3 rings (SSSR count). The zero-order valence-electron chi connectivity index (χ0n) is 16.0. The summed E-state index contributed by atoms with van der Waals surface area (Å²) in [7, 11) is 3.95. The number of halogens is 1. The van der Waals surface area contributed by atoms with Crippen LogP contribution in [-0.4, -0.2) is 35.6 Å². The highest BCUT2D eigenvalue weighted by Crippen LogP contribution is 2.31. The van der Waals surface area contributed by atoms with Gasteiger partial charge in [-0.05, 0) is 36.4 Å². The van der Waals surface area contributed by atoms with Crippen molar-refractivity contribution >= 4 is 16.7 Å². The molecule has 0 unspecified atom stereocenters. The maximum absolute atomic E-state index is 14.2. The van der Waals surface area contributed by atoms with E-state index in [-0.39, 0.29) is 11.7 Å². The Balaban J connectivity index is 2.25. The lowest BCUT2D eigenvalue weighted by Crippen LogP contribution is -2.38. The highest BCUT2D eigenvalue weighted by molar-refractivity contribution is 5.96. The molecule has 0 spiro atoms. The molecule has 136 valence electrons. The fourth-order valence-corrected chi connectivity index (χ4v) is 3.09. The molecule has 0 saturated heterocycles. The Labute approximate surface area is 154 Å². The Bertz CT molecular complexity index is 921. The predicted octanol–water partition coefficient (Wildman–Crippen LogP) is 4.86. The number of aromatic nitrogens is 2. The topological polar surface area (TPSA) is 32.3 Å². The van der Waals surface area contributed by atoms with E-state index in [2.05, 4.69) is 20.8 Å². The molecule has 0 fully saturated rings. The molecule has 1 aromatic heterocycles. The smallest absolute Gasteiger partial charge is 0.240 e. The summed E-state index contributed by atoms with van der Waals surface area (Å²) in [4.78, 5) is 9.56. The van der Waals surface area contributed by atoms with Crippen LogP contribution < -0.4 is 5.01 Å². The van der Waals surface area contributed by atoms with Crippen LogP contribution >= 0.6 is 0 Å². The summed E-state index contributed by atoms with van der Waals surface area (Å²) < 4.78 is 14.2. The number of hydrogen-bond acceptors (Lipinski definition) is 4. The molecule has 0 aliphatic carbocycles. The summed E-state index contributed by atoms with van der Waals surface area (Å²) in [6.07, 6.45) is 0. The van der Waals surface area contributed by atoms with Gasteiger partial charge in [-0.25, -0.2) is 19.4 Å². The third-order valence-corrected chi connectivity index (χ3v) is 4.49. The lowest BCUT2D eigenvalue weighted by atomic mass is 10.00. The summed E-state index contributed by atoms with van der Waals surface area (Å²) in [6, 6.07) is 12.8. The van der Waals surface area contributed by atoms with Crippen molar-refractivity contribution in [3.8, 4) is 11.3 Å². The van der Waals surface area contributed by atoms with Gasteiger partial charge in [0.25, 0.3) is 0 Å². The maximum atomic E-state index is 14.2. The van der Waals surface area contributed by atoms with E-state index in [9.17, 15) is 4.39 Å². The van der Waals surface area contributed by atoms with Crippen molar-refractivity contribution in [2.24, 2.45) is 0 Å². The normalized spacial score (nSPS) is 11.5. The number of rotatable bonds is 5. The Hall–Kier alpha value is -2.53.